The number of hydrogen-bond acceptors (Lipinski definition) is 3. The van der Waals surface area contributed by atoms with E-state index in [1.54, 1.807) is 16.7 Å². The van der Waals surface area contributed by atoms with Gasteiger partial charge in [-0.3, -0.25) is 9.59 Å². The molecule has 0 aromatic heterocycles. The molecule has 0 spiro atoms. The van der Waals surface area contributed by atoms with E-state index in [4.69, 9.17) is 0 Å². The molecule has 0 bridgehead atoms. The first-order valence-corrected chi connectivity index (χ1v) is 12.2. The number of carbonyl (C=O) groups is 2. The van der Waals surface area contributed by atoms with E-state index in [1.807, 2.05) is 39.0 Å². The number of hydrogen-bond donors (Lipinski definition) is 1. The number of rotatable bonds is 11. The minimum atomic E-state index is -0.493. The highest BCUT2D eigenvalue weighted by molar-refractivity contribution is 7.99. The van der Waals surface area contributed by atoms with Crippen LogP contribution in [0.3, 0.4) is 0 Å². The van der Waals surface area contributed by atoms with Gasteiger partial charge < -0.3 is 10.2 Å². The number of thioether (sulfide) groups is 1. The number of nitrogens with zero attached hydrogens (tertiary/aromatic N) is 1. The van der Waals surface area contributed by atoms with E-state index in [9.17, 15) is 9.59 Å². The Morgan fingerprint density at radius 1 is 1.00 bits per heavy atom. The summed E-state index contributed by atoms with van der Waals surface area (Å²) in [5.74, 6) is 1.07. The van der Waals surface area contributed by atoms with Crippen LogP contribution in [0, 0.1) is 13.8 Å². The fourth-order valence-electron chi connectivity index (χ4n) is 3.53. The Morgan fingerprint density at radius 2 is 1.65 bits per heavy atom. The molecule has 0 unspecified atom stereocenters. The van der Waals surface area contributed by atoms with Crippen molar-refractivity contribution in [1.82, 2.24) is 10.2 Å². The van der Waals surface area contributed by atoms with Crippen molar-refractivity contribution >= 4 is 23.6 Å². The monoisotopic (exact) mass is 440 g/mol. The molecule has 5 heteroatoms. The summed E-state index contributed by atoms with van der Waals surface area (Å²) in [6, 6.07) is 16.2. The molecule has 0 aliphatic rings. The quantitative estimate of drug-likeness (QED) is 0.540. The molecule has 0 saturated heterocycles. The highest BCUT2D eigenvalue weighted by Crippen LogP contribution is 2.17. The fraction of sp³-hybridized carbons (Fsp3) is 0.462. The molecule has 0 saturated carbocycles. The van der Waals surface area contributed by atoms with Crippen molar-refractivity contribution in [3.05, 3.63) is 70.8 Å². The third-order valence-corrected chi connectivity index (χ3v) is 6.42. The highest BCUT2D eigenvalue weighted by atomic mass is 32.2. The molecule has 1 N–H and O–H groups in total. The Morgan fingerprint density at radius 3 is 2.26 bits per heavy atom. The van der Waals surface area contributed by atoms with Crippen molar-refractivity contribution < 1.29 is 9.59 Å². The van der Waals surface area contributed by atoms with Crippen molar-refractivity contribution in [3.63, 3.8) is 0 Å². The van der Waals surface area contributed by atoms with Gasteiger partial charge in [-0.2, -0.15) is 0 Å². The van der Waals surface area contributed by atoms with Gasteiger partial charge in [0.15, 0.2) is 0 Å². The van der Waals surface area contributed by atoms with Crippen molar-refractivity contribution in [1.29, 1.82) is 0 Å². The van der Waals surface area contributed by atoms with Gasteiger partial charge in [0.25, 0.3) is 0 Å². The third-order valence-electron chi connectivity index (χ3n) is 5.43. The Labute approximate surface area is 191 Å². The van der Waals surface area contributed by atoms with Crippen LogP contribution in [0.4, 0.5) is 0 Å². The maximum Gasteiger partial charge on any atom is 0.242 e. The second-order valence-corrected chi connectivity index (χ2v) is 9.29. The standard InChI is InChI=1S/C26H36N2O2S/c1-6-21(4)27-26(30)22(5)28(13-12-23-10-8-7-9-11-23)25(29)18-31-17-24-15-19(2)14-20(3)16-24/h7-11,14-16,21-22H,6,12-13,17-18H2,1-5H3,(H,27,30)/t21-,22+/m0/s1. The number of amides is 2. The van der Waals surface area contributed by atoms with Crippen LogP contribution >= 0.6 is 11.8 Å². The van der Waals surface area contributed by atoms with Crippen LogP contribution in [0.25, 0.3) is 0 Å². The lowest BCUT2D eigenvalue weighted by Gasteiger charge is -2.29. The van der Waals surface area contributed by atoms with Crippen molar-refractivity contribution in [2.24, 2.45) is 0 Å². The van der Waals surface area contributed by atoms with Crippen LogP contribution in [0.1, 0.15) is 49.4 Å². The van der Waals surface area contributed by atoms with Crippen LogP contribution in [-0.2, 0) is 21.8 Å². The number of carbonyl (C=O) groups excluding carboxylic acids is 2. The zero-order valence-corrected chi connectivity index (χ0v) is 20.3. The molecule has 2 rings (SSSR count). The maximum absolute atomic E-state index is 13.1. The summed E-state index contributed by atoms with van der Waals surface area (Å²) in [4.78, 5) is 27.6. The Hall–Kier alpha value is -2.27. The zero-order chi connectivity index (χ0) is 22.8. The summed E-state index contributed by atoms with van der Waals surface area (Å²) in [5.41, 5.74) is 4.87. The van der Waals surface area contributed by atoms with Crippen LogP contribution in [-0.4, -0.2) is 41.1 Å². The maximum atomic E-state index is 13.1. The SMILES string of the molecule is CC[C@H](C)NC(=O)[C@@H](C)N(CCc1ccccc1)C(=O)CSCc1cc(C)cc(C)c1. The van der Waals surface area contributed by atoms with Gasteiger partial charge in [0, 0.05) is 18.3 Å². The molecule has 168 valence electrons. The Balaban J connectivity index is 2.02. The summed E-state index contributed by atoms with van der Waals surface area (Å²) in [6.07, 6.45) is 1.59. The van der Waals surface area contributed by atoms with Crippen molar-refractivity contribution in [2.45, 2.75) is 65.3 Å². The topological polar surface area (TPSA) is 49.4 Å². The average Bonchev–Trinajstić information content (AvgIpc) is 2.73. The molecule has 4 nitrogen and oxygen atoms in total. The summed E-state index contributed by atoms with van der Waals surface area (Å²) < 4.78 is 0. The third kappa shape index (κ3) is 8.41. The first kappa shape index (κ1) is 25.0. The summed E-state index contributed by atoms with van der Waals surface area (Å²) >= 11 is 1.61. The van der Waals surface area contributed by atoms with Crippen molar-refractivity contribution in [2.75, 3.05) is 12.3 Å². The van der Waals surface area contributed by atoms with Gasteiger partial charge in [0.05, 0.1) is 5.75 Å². The molecule has 2 aromatic carbocycles. The lowest BCUT2D eigenvalue weighted by atomic mass is 10.1. The molecule has 2 amide bonds. The van der Waals surface area contributed by atoms with E-state index in [0.29, 0.717) is 12.3 Å². The molecule has 0 heterocycles. The van der Waals surface area contributed by atoms with Crippen LogP contribution in [0.15, 0.2) is 48.5 Å². The summed E-state index contributed by atoms with van der Waals surface area (Å²) in [5, 5.41) is 3.02. The molecule has 0 aliphatic carbocycles. The molecular formula is C26H36N2O2S. The minimum absolute atomic E-state index is 0.0112. The first-order chi connectivity index (χ1) is 14.8. The minimum Gasteiger partial charge on any atom is -0.352 e. The predicted octanol–water partition coefficient (Wildman–Crippen LogP) is 4.91. The number of benzene rings is 2. The van der Waals surface area contributed by atoms with Crippen LogP contribution in [0.5, 0.6) is 0 Å². The Bertz CT molecular complexity index is 833. The predicted molar refractivity (Wildman–Crippen MR) is 131 cm³/mol. The zero-order valence-electron chi connectivity index (χ0n) is 19.5. The van der Waals surface area contributed by atoms with E-state index in [2.05, 4.69) is 49.5 Å². The molecular weight excluding hydrogens is 404 g/mol. The van der Waals surface area contributed by atoms with E-state index >= 15 is 0 Å². The van der Waals surface area contributed by atoms with E-state index < -0.39 is 6.04 Å². The van der Waals surface area contributed by atoms with E-state index in [1.165, 1.54) is 16.7 Å². The number of aryl methyl sites for hydroxylation is 2. The van der Waals surface area contributed by atoms with Gasteiger partial charge >= 0.3 is 0 Å². The van der Waals surface area contributed by atoms with Gasteiger partial charge in [-0.05, 0) is 51.7 Å². The van der Waals surface area contributed by atoms with Gasteiger partial charge in [0.2, 0.25) is 11.8 Å². The summed E-state index contributed by atoms with van der Waals surface area (Å²) in [7, 11) is 0. The van der Waals surface area contributed by atoms with Gasteiger partial charge in [-0.15, -0.1) is 11.8 Å². The molecule has 2 aromatic rings. The smallest absolute Gasteiger partial charge is 0.242 e. The van der Waals surface area contributed by atoms with Crippen molar-refractivity contribution in [3.8, 4) is 0 Å². The van der Waals surface area contributed by atoms with E-state index in [-0.39, 0.29) is 17.9 Å². The lowest BCUT2D eigenvalue weighted by molar-refractivity contribution is -0.138. The molecule has 0 radical (unpaired) electrons. The largest absolute Gasteiger partial charge is 0.352 e. The number of nitrogens with one attached hydrogen (secondary N) is 1. The van der Waals surface area contributed by atoms with Gasteiger partial charge in [-0.1, -0.05) is 66.6 Å². The second kappa shape index (κ2) is 12.6. The molecule has 0 fully saturated rings. The molecule has 31 heavy (non-hydrogen) atoms. The van der Waals surface area contributed by atoms with Gasteiger partial charge in [-0.25, -0.2) is 0 Å². The normalized spacial score (nSPS) is 12.8. The highest BCUT2D eigenvalue weighted by Gasteiger charge is 2.26. The molecule has 0 aliphatic heterocycles. The van der Waals surface area contributed by atoms with Crippen LogP contribution < -0.4 is 5.32 Å². The molecule has 2 atom stereocenters. The fourth-order valence-corrected chi connectivity index (χ4v) is 4.37. The van der Waals surface area contributed by atoms with Crippen LogP contribution in [0.2, 0.25) is 0 Å². The lowest BCUT2D eigenvalue weighted by Crippen LogP contribution is -2.51. The Kier molecular flexibility index (Phi) is 10.1. The second-order valence-electron chi connectivity index (χ2n) is 8.31. The first-order valence-electron chi connectivity index (χ1n) is 11.1. The van der Waals surface area contributed by atoms with E-state index in [0.717, 1.165) is 24.2 Å². The average molecular weight is 441 g/mol. The summed E-state index contributed by atoms with van der Waals surface area (Å²) in [6.45, 7) is 10.6. The van der Waals surface area contributed by atoms with Gasteiger partial charge in [0.1, 0.15) is 6.04 Å².